The first kappa shape index (κ1) is 27.4. The molecule has 0 radical (unpaired) electrons. The third kappa shape index (κ3) is 23.4. The molecule has 0 spiro atoms. The molecule has 0 aliphatic heterocycles. The van der Waals surface area contributed by atoms with E-state index in [1.165, 1.54) is 83.5 Å². The maximum absolute atomic E-state index is 11.6. The van der Waals surface area contributed by atoms with Crippen LogP contribution in [-0.4, -0.2) is 39.0 Å². The monoisotopic (exact) mass is 400 g/mol. The molecule has 4 nitrogen and oxygen atoms in total. The van der Waals surface area contributed by atoms with Crippen LogP contribution in [0.4, 0.5) is 0 Å². The first-order valence-corrected chi connectivity index (χ1v) is 12.1. The number of ether oxygens (including phenoxy) is 3. The minimum Gasteiger partial charge on any atom is -0.466 e. The zero-order valence-electron chi connectivity index (χ0n) is 19.0. The molecular weight excluding hydrogens is 352 g/mol. The van der Waals surface area contributed by atoms with Crippen LogP contribution in [0.5, 0.6) is 0 Å². The van der Waals surface area contributed by atoms with E-state index >= 15 is 0 Å². The van der Waals surface area contributed by atoms with Gasteiger partial charge in [0.1, 0.15) is 0 Å². The topological polar surface area (TPSA) is 44.8 Å². The first-order valence-electron chi connectivity index (χ1n) is 12.1. The van der Waals surface area contributed by atoms with E-state index in [1.54, 1.807) is 0 Å². The Bertz CT molecular complexity index is 307. The van der Waals surface area contributed by atoms with Crippen molar-refractivity contribution >= 4 is 5.97 Å². The number of hydrogen-bond acceptors (Lipinski definition) is 4. The Morgan fingerprint density at radius 2 is 1.04 bits per heavy atom. The van der Waals surface area contributed by atoms with E-state index in [1.807, 2.05) is 6.92 Å². The standard InChI is InChI=1S/C24H48O4/c1-3-5-6-7-8-9-10-11-12-13-14-15-16-17-21-28-24(25)19-18-20-27-23-22-26-4-2/h3-23H2,1-2H3. The van der Waals surface area contributed by atoms with Gasteiger partial charge >= 0.3 is 5.97 Å². The molecule has 0 rings (SSSR count). The van der Waals surface area contributed by atoms with Crippen LogP contribution in [0.2, 0.25) is 0 Å². The van der Waals surface area contributed by atoms with E-state index in [-0.39, 0.29) is 5.97 Å². The lowest BCUT2D eigenvalue weighted by Gasteiger charge is -2.06. The van der Waals surface area contributed by atoms with Gasteiger partial charge in [-0.15, -0.1) is 0 Å². The molecule has 0 amide bonds. The fourth-order valence-corrected chi connectivity index (χ4v) is 3.24. The van der Waals surface area contributed by atoms with Crippen LogP contribution in [0.3, 0.4) is 0 Å². The molecule has 0 saturated heterocycles. The summed E-state index contributed by atoms with van der Waals surface area (Å²) in [4.78, 5) is 11.6. The Balaban J connectivity index is 3.11. The second-order valence-corrected chi connectivity index (χ2v) is 7.73. The highest BCUT2D eigenvalue weighted by molar-refractivity contribution is 5.69. The van der Waals surface area contributed by atoms with Crippen molar-refractivity contribution in [2.75, 3.05) is 33.0 Å². The number of hydrogen-bond donors (Lipinski definition) is 0. The third-order valence-corrected chi connectivity index (χ3v) is 5.01. The maximum Gasteiger partial charge on any atom is 0.305 e. The molecule has 0 bridgehead atoms. The molecule has 0 fully saturated rings. The normalized spacial score (nSPS) is 11.1. The summed E-state index contributed by atoms with van der Waals surface area (Å²) < 4.78 is 15.8. The molecule has 0 heterocycles. The number of rotatable bonds is 23. The molecular formula is C24H48O4. The molecule has 0 saturated carbocycles. The van der Waals surface area contributed by atoms with Gasteiger partial charge in [-0.05, 0) is 19.8 Å². The Labute approximate surface area is 175 Å². The van der Waals surface area contributed by atoms with Gasteiger partial charge in [-0.1, -0.05) is 90.4 Å². The van der Waals surface area contributed by atoms with Gasteiger partial charge in [-0.2, -0.15) is 0 Å². The Kier molecular flexibility index (Phi) is 23.9. The van der Waals surface area contributed by atoms with Gasteiger partial charge in [-0.25, -0.2) is 0 Å². The second-order valence-electron chi connectivity index (χ2n) is 7.73. The van der Waals surface area contributed by atoms with Crippen molar-refractivity contribution in [2.45, 2.75) is 117 Å². The van der Waals surface area contributed by atoms with Crippen LogP contribution in [0, 0.1) is 0 Å². The van der Waals surface area contributed by atoms with E-state index in [0.717, 1.165) is 19.4 Å². The summed E-state index contributed by atoms with van der Waals surface area (Å²) in [6, 6.07) is 0. The fraction of sp³-hybridized carbons (Fsp3) is 0.958. The average Bonchev–Trinajstić information content (AvgIpc) is 2.70. The summed E-state index contributed by atoms with van der Waals surface area (Å²) in [6.45, 7) is 7.35. The van der Waals surface area contributed by atoms with Crippen molar-refractivity contribution < 1.29 is 19.0 Å². The van der Waals surface area contributed by atoms with Crippen molar-refractivity contribution in [1.82, 2.24) is 0 Å². The lowest BCUT2D eigenvalue weighted by molar-refractivity contribution is -0.144. The highest BCUT2D eigenvalue weighted by atomic mass is 16.5. The minimum atomic E-state index is -0.0943. The van der Waals surface area contributed by atoms with Crippen molar-refractivity contribution in [3.8, 4) is 0 Å². The molecule has 0 aliphatic rings. The van der Waals surface area contributed by atoms with Crippen molar-refractivity contribution in [2.24, 2.45) is 0 Å². The van der Waals surface area contributed by atoms with Gasteiger partial charge in [0.05, 0.1) is 19.8 Å². The SMILES string of the molecule is CCCCCCCCCCCCCCCCOC(=O)CCCOCCOCC. The quantitative estimate of drug-likeness (QED) is 0.139. The first-order chi connectivity index (χ1) is 13.8. The number of carbonyl (C=O) groups excluding carboxylic acids is 1. The summed E-state index contributed by atoms with van der Waals surface area (Å²) in [7, 11) is 0. The molecule has 0 aromatic rings. The van der Waals surface area contributed by atoms with Gasteiger partial charge in [0.15, 0.2) is 0 Å². The highest BCUT2D eigenvalue weighted by Gasteiger charge is 2.02. The fourth-order valence-electron chi connectivity index (χ4n) is 3.24. The summed E-state index contributed by atoms with van der Waals surface area (Å²) in [6.07, 6.45) is 20.0. The maximum atomic E-state index is 11.6. The summed E-state index contributed by atoms with van der Waals surface area (Å²) in [5, 5.41) is 0. The summed E-state index contributed by atoms with van der Waals surface area (Å²) >= 11 is 0. The van der Waals surface area contributed by atoms with E-state index in [0.29, 0.717) is 32.8 Å². The van der Waals surface area contributed by atoms with Crippen LogP contribution in [0.1, 0.15) is 117 Å². The summed E-state index contributed by atoms with van der Waals surface area (Å²) in [5.74, 6) is -0.0943. The number of esters is 1. The average molecular weight is 401 g/mol. The molecule has 28 heavy (non-hydrogen) atoms. The van der Waals surface area contributed by atoms with Crippen LogP contribution in [-0.2, 0) is 19.0 Å². The van der Waals surface area contributed by atoms with E-state index in [4.69, 9.17) is 14.2 Å². The Morgan fingerprint density at radius 3 is 1.57 bits per heavy atom. The van der Waals surface area contributed by atoms with E-state index in [9.17, 15) is 4.79 Å². The summed E-state index contributed by atoms with van der Waals surface area (Å²) in [5.41, 5.74) is 0. The smallest absolute Gasteiger partial charge is 0.305 e. The van der Waals surface area contributed by atoms with Crippen molar-refractivity contribution in [3.63, 3.8) is 0 Å². The lowest BCUT2D eigenvalue weighted by atomic mass is 10.0. The van der Waals surface area contributed by atoms with Crippen LogP contribution < -0.4 is 0 Å². The van der Waals surface area contributed by atoms with E-state index < -0.39 is 0 Å². The van der Waals surface area contributed by atoms with Crippen molar-refractivity contribution in [1.29, 1.82) is 0 Å². The van der Waals surface area contributed by atoms with Gasteiger partial charge in [0, 0.05) is 19.6 Å². The largest absolute Gasteiger partial charge is 0.466 e. The number of carbonyl (C=O) groups is 1. The molecule has 0 aromatic carbocycles. The van der Waals surface area contributed by atoms with Crippen LogP contribution >= 0.6 is 0 Å². The third-order valence-electron chi connectivity index (χ3n) is 5.01. The Hall–Kier alpha value is -0.610. The van der Waals surface area contributed by atoms with Crippen LogP contribution in [0.25, 0.3) is 0 Å². The molecule has 4 heteroatoms. The Morgan fingerprint density at radius 1 is 0.536 bits per heavy atom. The van der Waals surface area contributed by atoms with Gasteiger partial charge in [0.25, 0.3) is 0 Å². The lowest BCUT2D eigenvalue weighted by Crippen LogP contribution is -2.09. The van der Waals surface area contributed by atoms with Gasteiger partial charge in [0.2, 0.25) is 0 Å². The van der Waals surface area contributed by atoms with Gasteiger partial charge < -0.3 is 14.2 Å². The molecule has 0 unspecified atom stereocenters. The highest BCUT2D eigenvalue weighted by Crippen LogP contribution is 2.13. The molecule has 0 atom stereocenters. The van der Waals surface area contributed by atoms with Gasteiger partial charge in [-0.3, -0.25) is 4.79 Å². The predicted molar refractivity (Wildman–Crippen MR) is 118 cm³/mol. The number of unbranched alkanes of at least 4 members (excludes halogenated alkanes) is 13. The zero-order valence-corrected chi connectivity index (χ0v) is 19.0. The van der Waals surface area contributed by atoms with Crippen LogP contribution in [0.15, 0.2) is 0 Å². The van der Waals surface area contributed by atoms with Crippen molar-refractivity contribution in [3.05, 3.63) is 0 Å². The van der Waals surface area contributed by atoms with E-state index in [2.05, 4.69) is 6.92 Å². The molecule has 0 aromatic heterocycles. The minimum absolute atomic E-state index is 0.0943. The second kappa shape index (κ2) is 24.4. The molecule has 168 valence electrons. The predicted octanol–water partition coefficient (Wildman–Crippen LogP) is 6.84. The zero-order chi connectivity index (χ0) is 20.5. The molecule has 0 aliphatic carbocycles. The molecule has 0 N–H and O–H groups in total.